The van der Waals surface area contributed by atoms with Gasteiger partial charge in [0.1, 0.15) is 6.10 Å². The molecule has 1 N–H and O–H groups in total. The third kappa shape index (κ3) is 2.94. The molecule has 3 aliphatic heterocycles. The number of ether oxygens (including phenoxy) is 1. The van der Waals surface area contributed by atoms with Crippen LogP contribution in [0.2, 0.25) is 0 Å². The van der Waals surface area contributed by atoms with Gasteiger partial charge >= 0.3 is 0 Å². The normalized spacial score (nSPS) is 30.8. The molecule has 0 radical (unpaired) electrons. The first kappa shape index (κ1) is 14.2. The zero-order valence-corrected chi connectivity index (χ0v) is 12.4. The summed E-state index contributed by atoms with van der Waals surface area (Å²) in [5, 5.41) is 3.20. The van der Waals surface area contributed by atoms with E-state index < -0.39 is 0 Å². The van der Waals surface area contributed by atoms with Crippen LogP contribution in [-0.2, 0) is 14.3 Å². The molecule has 0 aromatic carbocycles. The minimum atomic E-state index is -0.245. The second-order valence-electron chi connectivity index (χ2n) is 5.42. The summed E-state index contributed by atoms with van der Waals surface area (Å²) in [5.41, 5.74) is 0. The van der Waals surface area contributed by atoms with Crippen molar-refractivity contribution in [2.45, 2.75) is 25.0 Å². The Morgan fingerprint density at radius 2 is 1.80 bits per heavy atom. The molecular weight excluding hydrogens is 278 g/mol. The predicted octanol–water partition coefficient (Wildman–Crippen LogP) is -0.501. The maximum absolute atomic E-state index is 12.3. The Labute approximate surface area is 123 Å². The van der Waals surface area contributed by atoms with Crippen LogP contribution in [0.25, 0.3) is 0 Å². The summed E-state index contributed by atoms with van der Waals surface area (Å²) in [5.74, 6) is 1.99. The highest BCUT2D eigenvalue weighted by Gasteiger charge is 2.33. The smallest absolute Gasteiger partial charge is 0.251 e. The van der Waals surface area contributed by atoms with E-state index in [0.717, 1.165) is 24.5 Å². The average Bonchev–Trinajstić information content (AvgIpc) is 3.18. The van der Waals surface area contributed by atoms with Crippen molar-refractivity contribution >= 4 is 23.6 Å². The number of hydrogen-bond donors (Lipinski definition) is 1. The van der Waals surface area contributed by atoms with Gasteiger partial charge in [0.05, 0.1) is 6.04 Å². The van der Waals surface area contributed by atoms with Crippen molar-refractivity contribution < 1.29 is 14.3 Å². The van der Waals surface area contributed by atoms with Crippen molar-refractivity contribution in [1.29, 1.82) is 0 Å². The summed E-state index contributed by atoms with van der Waals surface area (Å²) >= 11 is 1.76. The Morgan fingerprint density at radius 3 is 2.35 bits per heavy atom. The summed E-state index contributed by atoms with van der Waals surface area (Å²) < 4.78 is 5.44. The van der Waals surface area contributed by atoms with Crippen LogP contribution in [0.5, 0.6) is 0 Å². The molecule has 0 spiro atoms. The summed E-state index contributed by atoms with van der Waals surface area (Å²) in [6.07, 6.45) is 1.56. The molecule has 3 heterocycles. The fourth-order valence-corrected chi connectivity index (χ4v) is 3.83. The Morgan fingerprint density at radius 1 is 1.10 bits per heavy atom. The standard InChI is InChI=1S/C13H21N3O3S/c17-12(10-8-20-9-14-10)15-3-5-16(6-4-15)13(18)11-2-1-7-19-11/h10-11,14H,1-9H2. The van der Waals surface area contributed by atoms with E-state index in [1.54, 1.807) is 11.8 Å². The predicted molar refractivity (Wildman–Crippen MR) is 76.4 cm³/mol. The Bertz CT molecular complexity index is 337. The summed E-state index contributed by atoms with van der Waals surface area (Å²) in [7, 11) is 0. The Balaban J connectivity index is 1.48. The van der Waals surface area contributed by atoms with Gasteiger partial charge in [-0.3, -0.25) is 14.9 Å². The highest BCUT2D eigenvalue weighted by Crippen LogP contribution is 2.17. The van der Waals surface area contributed by atoms with Crippen LogP contribution in [0.15, 0.2) is 0 Å². The molecular formula is C13H21N3O3S. The minimum absolute atomic E-state index is 0.0413. The zero-order chi connectivity index (χ0) is 13.9. The van der Waals surface area contributed by atoms with Crippen LogP contribution in [0, 0.1) is 0 Å². The molecule has 0 aromatic rings. The number of nitrogens with one attached hydrogen (secondary N) is 1. The number of rotatable bonds is 2. The molecule has 2 unspecified atom stereocenters. The first-order chi connectivity index (χ1) is 9.75. The minimum Gasteiger partial charge on any atom is -0.368 e. The van der Waals surface area contributed by atoms with Gasteiger partial charge in [0.25, 0.3) is 5.91 Å². The monoisotopic (exact) mass is 299 g/mol. The van der Waals surface area contributed by atoms with Gasteiger partial charge in [0, 0.05) is 44.4 Å². The Kier molecular flexibility index (Phi) is 4.48. The van der Waals surface area contributed by atoms with Gasteiger partial charge in [0.15, 0.2) is 0 Å². The molecule has 0 aliphatic carbocycles. The van der Waals surface area contributed by atoms with Crippen LogP contribution in [-0.4, -0.2) is 78.2 Å². The van der Waals surface area contributed by atoms with Gasteiger partial charge in [-0.05, 0) is 12.8 Å². The van der Waals surface area contributed by atoms with Gasteiger partial charge in [-0.25, -0.2) is 0 Å². The van der Waals surface area contributed by atoms with Crippen molar-refractivity contribution in [2.24, 2.45) is 0 Å². The van der Waals surface area contributed by atoms with Gasteiger partial charge in [-0.1, -0.05) is 0 Å². The lowest BCUT2D eigenvalue weighted by Crippen LogP contribution is -2.56. The van der Waals surface area contributed by atoms with Crippen molar-refractivity contribution in [2.75, 3.05) is 44.4 Å². The Hall–Kier alpha value is -0.790. The highest BCUT2D eigenvalue weighted by molar-refractivity contribution is 7.99. The number of nitrogens with zero attached hydrogens (tertiary/aromatic N) is 2. The van der Waals surface area contributed by atoms with Gasteiger partial charge in [-0.2, -0.15) is 0 Å². The maximum Gasteiger partial charge on any atom is 0.251 e. The summed E-state index contributed by atoms with van der Waals surface area (Å²) in [4.78, 5) is 28.2. The third-order valence-corrected chi connectivity index (χ3v) is 5.06. The van der Waals surface area contributed by atoms with Crippen LogP contribution < -0.4 is 5.32 Å². The zero-order valence-electron chi connectivity index (χ0n) is 11.5. The van der Waals surface area contributed by atoms with Gasteiger partial charge < -0.3 is 14.5 Å². The van der Waals surface area contributed by atoms with Gasteiger partial charge in [-0.15, -0.1) is 11.8 Å². The second-order valence-corrected chi connectivity index (χ2v) is 6.45. The number of piperazine rings is 1. The molecule has 2 amide bonds. The molecule has 0 bridgehead atoms. The maximum atomic E-state index is 12.3. The van der Waals surface area contributed by atoms with Crippen LogP contribution >= 0.6 is 11.8 Å². The lowest BCUT2D eigenvalue weighted by Gasteiger charge is -2.36. The van der Waals surface area contributed by atoms with Crippen LogP contribution in [0.4, 0.5) is 0 Å². The summed E-state index contributed by atoms with van der Waals surface area (Å²) in [6, 6.07) is -0.0413. The lowest BCUT2D eigenvalue weighted by molar-refractivity contribution is -0.146. The first-order valence-corrected chi connectivity index (χ1v) is 8.41. The molecule has 0 saturated carbocycles. The van der Waals surface area contributed by atoms with E-state index in [1.165, 1.54) is 0 Å². The molecule has 20 heavy (non-hydrogen) atoms. The van der Waals surface area contributed by atoms with Crippen molar-refractivity contribution in [3.8, 4) is 0 Å². The number of carbonyl (C=O) groups is 2. The number of carbonyl (C=O) groups excluding carboxylic acids is 2. The molecule has 3 saturated heterocycles. The fraction of sp³-hybridized carbons (Fsp3) is 0.846. The van der Waals surface area contributed by atoms with E-state index in [2.05, 4.69) is 5.32 Å². The molecule has 112 valence electrons. The van der Waals surface area contributed by atoms with Gasteiger partial charge in [0.2, 0.25) is 5.91 Å². The molecule has 0 aromatic heterocycles. The lowest BCUT2D eigenvalue weighted by atomic mass is 10.2. The van der Waals surface area contributed by atoms with Crippen LogP contribution in [0.1, 0.15) is 12.8 Å². The largest absolute Gasteiger partial charge is 0.368 e. The number of thioether (sulfide) groups is 1. The number of hydrogen-bond acceptors (Lipinski definition) is 5. The van der Waals surface area contributed by atoms with E-state index >= 15 is 0 Å². The third-order valence-electron chi connectivity index (χ3n) is 4.12. The number of amides is 2. The average molecular weight is 299 g/mol. The molecule has 7 heteroatoms. The van der Waals surface area contributed by atoms with Crippen LogP contribution in [0.3, 0.4) is 0 Å². The van der Waals surface area contributed by atoms with E-state index in [4.69, 9.17) is 4.74 Å². The first-order valence-electron chi connectivity index (χ1n) is 7.26. The summed E-state index contributed by atoms with van der Waals surface area (Å²) in [6.45, 7) is 3.23. The highest BCUT2D eigenvalue weighted by atomic mass is 32.2. The molecule has 3 fully saturated rings. The molecule has 3 rings (SSSR count). The molecule has 3 aliphatic rings. The van der Waals surface area contributed by atoms with E-state index in [0.29, 0.717) is 32.8 Å². The fourth-order valence-electron chi connectivity index (χ4n) is 2.90. The topological polar surface area (TPSA) is 61.9 Å². The molecule has 2 atom stereocenters. The van der Waals surface area contributed by atoms with E-state index in [1.807, 2.05) is 9.80 Å². The van der Waals surface area contributed by atoms with E-state index in [9.17, 15) is 9.59 Å². The van der Waals surface area contributed by atoms with E-state index in [-0.39, 0.29) is 24.0 Å². The molecule has 6 nitrogen and oxygen atoms in total. The SMILES string of the molecule is O=C(C1CSCN1)N1CCN(C(=O)C2CCCO2)CC1. The van der Waals surface area contributed by atoms with Crippen molar-refractivity contribution in [1.82, 2.24) is 15.1 Å². The van der Waals surface area contributed by atoms with Crippen molar-refractivity contribution in [3.63, 3.8) is 0 Å². The van der Waals surface area contributed by atoms with Crippen molar-refractivity contribution in [3.05, 3.63) is 0 Å². The quantitative estimate of drug-likeness (QED) is 0.745. The second kappa shape index (κ2) is 6.32.